The average Bonchev–Trinajstić information content (AvgIpc) is 2.53. The van der Waals surface area contributed by atoms with Crippen LogP contribution >= 0.6 is 15.9 Å². The van der Waals surface area contributed by atoms with Gasteiger partial charge < -0.3 is 0 Å². The highest BCUT2D eigenvalue weighted by atomic mass is 79.9. The fourth-order valence-corrected chi connectivity index (χ4v) is 3.01. The van der Waals surface area contributed by atoms with Gasteiger partial charge >= 0.3 is 0 Å². The largest absolute Gasteiger partial charge is 0.240 e. The van der Waals surface area contributed by atoms with Crippen LogP contribution in [-0.2, 0) is 10.0 Å². The molecule has 0 radical (unpaired) electrons. The van der Waals surface area contributed by atoms with E-state index in [1.165, 1.54) is 0 Å². The lowest BCUT2D eigenvalue weighted by Crippen LogP contribution is -2.25. The molecule has 0 aliphatic rings. The summed E-state index contributed by atoms with van der Waals surface area (Å²) in [6.07, 6.45) is 0. The first-order valence-corrected chi connectivity index (χ1v) is 9.16. The van der Waals surface area contributed by atoms with Gasteiger partial charge in [-0.3, -0.25) is 0 Å². The Morgan fingerprint density at radius 3 is 2.35 bits per heavy atom. The van der Waals surface area contributed by atoms with Gasteiger partial charge in [0.1, 0.15) is 0 Å². The fraction of sp³-hybridized carbons (Fsp3) is 0.111. The summed E-state index contributed by atoms with van der Waals surface area (Å²) in [5.41, 5.74) is 2.35. The van der Waals surface area contributed by atoms with Crippen molar-refractivity contribution in [3.05, 3.63) is 76.3 Å². The van der Waals surface area contributed by atoms with Crippen molar-refractivity contribution < 1.29 is 8.42 Å². The van der Waals surface area contributed by atoms with Gasteiger partial charge in [-0.15, -0.1) is 0 Å². The maximum atomic E-state index is 12.2. The molecular formula is C18H16BrNO2S. The maximum Gasteiger partial charge on any atom is 0.240 e. The third-order valence-electron chi connectivity index (χ3n) is 3.03. The Balaban J connectivity index is 1.99. The smallest absolute Gasteiger partial charge is 0.207 e. The number of rotatable bonds is 4. The van der Waals surface area contributed by atoms with Gasteiger partial charge in [-0.25, -0.2) is 13.1 Å². The number of halogens is 1. The zero-order chi connectivity index (χ0) is 16.9. The van der Waals surface area contributed by atoms with Gasteiger partial charge in [-0.1, -0.05) is 52.0 Å². The summed E-state index contributed by atoms with van der Waals surface area (Å²) >= 11 is 3.36. The molecule has 0 bridgehead atoms. The van der Waals surface area contributed by atoms with Gasteiger partial charge in [0.05, 0.1) is 4.90 Å². The van der Waals surface area contributed by atoms with E-state index in [4.69, 9.17) is 0 Å². The van der Waals surface area contributed by atoms with E-state index in [1.54, 1.807) is 24.3 Å². The highest BCUT2D eigenvalue weighted by molar-refractivity contribution is 9.10. The lowest BCUT2D eigenvalue weighted by Gasteiger charge is -2.06. The number of hydrogen-bond donors (Lipinski definition) is 1. The molecule has 3 nitrogen and oxygen atoms in total. The molecule has 5 heteroatoms. The normalized spacial score (nSPS) is 10.7. The van der Waals surface area contributed by atoms with Gasteiger partial charge in [0.15, 0.2) is 0 Å². The zero-order valence-corrected chi connectivity index (χ0v) is 15.0. The molecule has 0 aliphatic heterocycles. The molecular weight excluding hydrogens is 374 g/mol. The zero-order valence-electron chi connectivity index (χ0n) is 12.6. The van der Waals surface area contributed by atoms with Crippen LogP contribution in [0.5, 0.6) is 0 Å². The van der Waals surface area contributed by atoms with E-state index in [9.17, 15) is 8.42 Å². The Labute approximate surface area is 145 Å². The van der Waals surface area contributed by atoms with Gasteiger partial charge in [0, 0.05) is 22.2 Å². The van der Waals surface area contributed by atoms with E-state index < -0.39 is 10.0 Å². The molecule has 0 saturated carbocycles. The molecule has 0 heterocycles. The number of nitrogens with one attached hydrogen (secondary N) is 1. The summed E-state index contributed by atoms with van der Waals surface area (Å²) in [7, 11) is -3.55. The number of hydrogen-bond acceptors (Lipinski definition) is 2. The summed E-state index contributed by atoms with van der Waals surface area (Å²) in [5, 5.41) is 0. The van der Waals surface area contributed by atoms with Gasteiger partial charge in [-0.2, -0.15) is 0 Å². The molecule has 0 saturated heterocycles. The number of sulfonamides is 1. The summed E-state index contributed by atoms with van der Waals surface area (Å²) in [6, 6.07) is 14.2. The molecule has 2 rings (SSSR count). The third kappa shape index (κ3) is 5.36. The Morgan fingerprint density at radius 1 is 1.13 bits per heavy atom. The quantitative estimate of drug-likeness (QED) is 0.811. The minimum Gasteiger partial charge on any atom is -0.207 e. The molecule has 0 spiro atoms. The van der Waals surface area contributed by atoms with Gasteiger partial charge in [0.2, 0.25) is 10.0 Å². The van der Waals surface area contributed by atoms with Crippen molar-refractivity contribution in [1.82, 2.24) is 4.72 Å². The van der Waals surface area contributed by atoms with Gasteiger partial charge in [0.25, 0.3) is 0 Å². The van der Waals surface area contributed by atoms with E-state index in [2.05, 4.69) is 39.1 Å². The maximum absolute atomic E-state index is 12.2. The van der Waals surface area contributed by atoms with Crippen LogP contribution in [0, 0.1) is 18.8 Å². The molecule has 0 unspecified atom stereocenters. The van der Waals surface area contributed by atoms with Crippen LogP contribution in [0.4, 0.5) is 0 Å². The van der Waals surface area contributed by atoms with Crippen molar-refractivity contribution in [2.75, 3.05) is 6.54 Å². The van der Waals surface area contributed by atoms with E-state index in [0.29, 0.717) is 5.57 Å². The summed E-state index contributed by atoms with van der Waals surface area (Å²) < 4.78 is 27.8. The second-order valence-electron chi connectivity index (χ2n) is 5.00. The first-order chi connectivity index (χ1) is 10.9. The molecule has 0 fully saturated rings. The van der Waals surface area contributed by atoms with Crippen molar-refractivity contribution >= 4 is 26.0 Å². The van der Waals surface area contributed by atoms with E-state index in [1.807, 2.05) is 31.2 Å². The lowest BCUT2D eigenvalue weighted by molar-refractivity contribution is 0.585. The Bertz CT molecular complexity index is 858. The van der Waals surface area contributed by atoms with Crippen LogP contribution in [0.1, 0.15) is 11.1 Å². The summed E-state index contributed by atoms with van der Waals surface area (Å²) in [6.45, 7) is 5.78. The van der Waals surface area contributed by atoms with Crippen molar-refractivity contribution in [3.8, 4) is 11.8 Å². The minimum absolute atomic E-state index is 0.0831. The van der Waals surface area contributed by atoms with E-state index in [-0.39, 0.29) is 11.4 Å². The second-order valence-corrected chi connectivity index (χ2v) is 7.68. The summed E-state index contributed by atoms with van der Waals surface area (Å²) in [4.78, 5) is 0.233. The van der Waals surface area contributed by atoms with Crippen LogP contribution in [0.15, 0.2) is 70.1 Å². The highest BCUT2D eigenvalue weighted by Gasteiger charge is 2.12. The molecule has 1 N–H and O–H groups in total. The molecule has 2 aromatic carbocycles. The van der Waals surface area contributed by atoms with Crippen LogP contribution in [0.2, 0.25) is 0 Å². The molecule has 118 valence electrons. The van der Waals surface area contributed by atoms with E-state index >= 15 is 0 Å². The SMILES string of the molecule is C=C(C#Cc1ccc(Br)cc1)CNS(=O)(=O)c1ccc(C)cc1. The minimum atomic E-state index is -3.55. The topological polar surface area (TPSA) is 46.2 Å². The average molecular weight is 390 g/mol. The molecule has 0 aromatic heterocycles. The fourth-order valence-electron chi connectivity index (χ4n) is 1.72. The van der Waals surface area contributed by atoms with Crippen molar-refractivity contribution in [2.45, 2.75) is 11.8 Å². The molecule has 0 amide bonds. The van der Waals surface area contributed by atoms with Crippen molar-refractivity contribution in [3.63, 3.8) is 0 Å². The molecule has 2 aromatic rings. The standard InChI is InChI=1S/C18H16BrNO2S/c1-14-4-11-18(12-5-14)23(21,22)20-13-15(2)3-6-16-7-9-17(19)10-8-16/h4-5,7-12,20H,2,13H2,1H3. The van der Waals surface area contributed by atoms with Gasteiger partial charge in [-0.05, 0) is 43.3 Å². The number of benzene rings is 2. The molecule has 23 heavy (non-hydrogen) atoms. The third-order valence-corrected chi connectivity index (χ3v) is 4.98. The molecule has 0 atom stereocenters. The van der Waals surface area contributed by atoms with Crippen LogP contribution in [0.3, 0.4) is 0 Å². The van der Waals surface area contributed by atoms with Crippen LogP contribution in [0.25, 0.3) is 0 Å². The summed E-state index contributed by atoms with van der Waals surface area (Å²) in [5.74, 6) is 5.81. The Hall–Kier alpha value is -1.87. The van der Waals surface area contributed by atoms with Crippen molar-refractivity contribution in [2.24, 2.45) is 0 Å². The lowest BCUT2D eigenvalue weighted by atomic mass is 10.2. The van der Waals surface area contributed by atoms with Crippen LogP contribution in [-0.4, -0.2) is 15.0 Å². The predicted octanol–water partition coefficient (Wildman–Crippen LogP) is 3.64. The number of aryl methyl sites for hydroxylation is 1. The second kappa shape index (κ2) is 7.60. The van der Waals surface area contributed by atoms with Crippen LogP contribution < -0.4 is 4.72 Å². The first-order valence-electron chi connectivity index (χ1n) is 6.88. The predicted molar refractivity (Wildman–Crippen MR) is 96.5 cm³/mol. The Morgan fingerprint density at radius 2 is 1.74 bits per heavy atom. The van der Waals surface area contributed by atoms with Crippen molar-refractivity contribution in [1.29, 1.82) is 0 Å². The highest BCUT2D eigenvalue weighted by Crippen LogP contribution is 2.11. The first kappa shape index (κ1) is 17.5. The monoisotopic (exact) mass is 389 g/mol. The Kier molecular flexibility index (Phi) is 5.78. The molecule has 0 aliphatic carbocycles. The van der Waals surface area contributed by atoms with E-state index in [0.717, 1.165) is 15.6 Å².